The van der Waals surface area contributed by atoms with Crippen LogP contribution in [0.5, 0.6) is 0 Å². The van der Waals surface area contributed by atoms with Crippen molar-refractivity contribution in [2.24, 2.45) is 5.73 Å². The minimum absolute atomic E-state index is 0.213. The van der Waals surface area contributed by atoms with Gasteiger partial charge in [0.1, 0.15) is 16.7 Å². The van der Waals surface area contributed by atoms with Crippen LogP contribution in [0, 0.1) is 11.3 Å². The molecule has 5 nitrogen and oxygen atoms in total. The normalized spacial score (nSPS) is 18.1. The summed E-state index contributed by atoms with van der Waals surface area (Å²) in [5.74, 6) is -1.16. The third-order valence-electron chi connectivity index (χ3n) is 4.02. The van der Waals surface area contributed by atoms with E-state index in [1.54, 1.807) is 42.5 Å². The maximum absolute atomic E-state index is 13.2. The number of rotatable bonds is 4. The Labute approximate surface area is 184 Å². The number of amides is 2. The van der Waals surface area contributed by atoms with Crippen molar-refractivity contribution in [2.75, 3.05) is 4.90 Å². The van der Waals surface area contributed by atoms with Gasteiger partial charge in [-0.1, -0.05) is 50.9 Å². The third kappa shape index (κ3) is 4.20. The number of hydrogen-bond acceptors (Lipinski definition) is 4. The van der Waals surface area contributed by atoms with Gasteiger partial charge in [0.05, 0.1) is 5.25 Å². The van der Waals surface area contributed by atoms with Crippen molar-refractivity contribution in [3.8, 4) is 6.07 Å². The number of primary amides is 1. The lowest BCUT2D eigenvalue weighted by atomic mass is 10.1. The number of carbonyl (C=O) groups is 2. The van der Waals surface area contributed by atoms with E-state index in [4.69, 9.17) is 28.9 Å². The first-order valence-corrected chi connectivity index (χ1v) is 10.4. The summed E-state index contributed by atoms with van der Waals surface area (Å²) < 4.78 is 0.832. The van der Waals surface area contributed by atoms with E-state index in [9.17, 15) is 14.9 Å². The molecule has 3 rings (SSSR count). The molecule has 1 heterocycles. The first-order valence-electron chi connectivity index (χ1n) is 7.96. The standard InChI is InChI=1S/C19H12BrCl2N3O2S/c20-11-1-4-13(5-2-11)25-18(27)16(28-19(25)14(9-23)17(24)26)8-10-7-12(21)3-6-15(10)22/h1-7,16H,8H2,(H2,24,26)/b19-14-. The van der Waals surface area contributed by atoms with Crippen molar-refractivity contribution in [3.05, 3.63) is 73.1 Å². The lowest BCUT2D eigenvalue weighted by Crippen LogP contribution is -2.31. The average Bonchev–Trinajstić information content (AvgIpc) is 2.95. The van der Waals surface area contributed by atoms with Crippen LogP contribution < -0.4 is 10.6 Å². The third-order valence-corrected chi connectivity index (χ3v) is 6.42. The van der Waals surface area contributed by atoms with E-state index in [0.29, 0.717) is 21.3 Å². The second-order valence-corrected chi connectivity index (χ2v) is 8.80. The van der Waals surface area contributed by atoms with E-state index < -0.39 is 11.2 Å². The molecule has 0 radical (unpaired) electrons. The Morgan fingerprint density at radius 3 is 2.54 bits per heavy atom. The summed E-state index contributed by atoms with van der Waals surface area (Å²) in [6.07, 6.45) is 0.289. The molecule has 2 N–H and O–H groups in total. The molecule has 2 aromatic rings. The highest BCUT2D eigenvalue weighted by atomic mass is 79.9. The average molecular weight is 497 g/mol. The molecule has 0 aromatic heterocycles. The number of carbonyl (C=O) groups excluding carboxylic acids is 2. The Morgan fingerprint density at radius 2 is 1.93 bits per heavy atom. The largest absolute Gasteiger partial charge is 0.365 e. The molecule has 1 fully saturated rings. The molecule has 1 saturated heterocycles. The van der Waals surface area contributed by atoms with Crippen molar-refractivity contribution >= 4 is 68.4 Å². The van der Waals surface area contributed by atoms with Gasteiger partial charge in [-0.2, -0.15) is 5.26 Å². The van der Waals surface area contributed by atoms with Crippen molar-refractivity contribution in [3.63, 3.8) is 0 Å². The quantitative estimate of drug-likeness (QED) is 0.492. The minimum atomic E-state index is -0.888. The van der Waals surface area contributed by atoms with Gasteiger partial charge in [-0.15, -0.1) is 0 Å². The minimum Gasteiger partial charge on any atom is -0.365 e. The number of hydrogen-bond donors (Lipinski definition) is 1. The molecule has 0 aliphatic carbocycles. The highest BCUT2D eigenvalue weighted by Gasteiger charge is 2.40. The van der Waals surface area contributed by atoms with Crippen LogP contribution >= 0.6 is 50.9 Å². The van der Waals surface area contributed by atoms with Crippen LogP contribution in [0.4, 0.5) is 5.69 Å². The van der Waals surface area contributed by atoms with Crippen LogP contribution in [0.25, 0.3) is 0 Å². The van der Waals surface area contributed by atoms with Crippen molar-refractivity contribution in [2.45, 2.75) is 11.7 Å². The van der Waals surface area contributed by atoms with E-state index in [2.05, 4.69) is 15.9 Å². The predicted molar refractivity (Wildman–Crippen MR) is 115 cm³/mol. The van der Waals surface area contributed by atoms with Gasteiger partial charge in [0.15, 0.2) is 0 Å². The number of nitrogens with zero attached hydrogens (tertiary/aromatic N) is 2. The van der Waals surface area contributed by atoms with E-state index in [1.807, 2.05) is 6.07 Å². The van der Waals surface area contributed by atoms with Gasteiger partial charge in [-0.25, -0.2) is 0 Å². The number of thioether (sulfide) groups is 1. The zero-order valence-corrected chi connectivity index (χ0v) is 18.1. The van der Waals surface area contributed by atoms with Gasteiger partial charge >= 0.3 is 0 Å². The molecule has 2 aromatic carbocycles. The Balaban J connectivity index is 2.05. The summed E-state index contributed by atoms with van der Waals surface area (Å²) in [6, 6.07) is 13.8. The number of nitrogens with two attached hydrogens (primary N) is 1. The lowest BCUT2D eigenvalue weighted by molar-refractivity contribution is -0.117. The molecular weight excluding hydrogens is 485 g/mol. The summed E-state index contributed by atoms with van der Waals surface area (Å²) >= 11 is 16.7. The van der Waals surface area contributed by atoms with Crippen LogP contribution in [0.15, 0.2) is 57.5 Å². The van der Waals surface area contributed by atoms with Gasteiger partial charge in [0.2, 0.25) is 5.91 Å². The topological polar surface area (TPSA) is 87.2 Å². The fourth-order valence-electron chi connectivity index (χ4n) is 2.72. The highest BCUT2D eigenvalue weighted by molar-refractivity contribution is 9.10. The molecule has 1 aliphatic heterocycles. The molecule has 0 bridgehead atoms. The molecule has 1 unspecified atom stereocenters. The Bertz CT molecular complexity index is 1030. The Hall–Kier alpha value is -1.98. The maximum Gasteiger partial charge on any atom is 0.262 e. The Kier molecular flexibility index (Phi) is 6.36. The molecule has 1 aliphatic rings. The van der Waals surface area contributed by atoms with Gasteiger partial charge in [-0.3, -0.25) is 14.5 Å². The van der Waals surface area contributed by atoms with E-state index >= 15 is 0 Å². The zero-order chi connectivity index (χ0) is 20.4. The summed E-state index contributed by atoms with van der Waals surface area (Å²) in [4.78, 5) is 26.3. The first-order chi connectivity index (χ1) is 13.3. The second kappa shape index (κ2) is 8.58. The molecule has 0 saturated carbocycles. The van der Waals surface area contributed by atoms with Crippen molar-refractivity contribution < 1.29 is 9.59 Å². The summed E-state index contributed by atoms with van der Waals surface area (Å²) in [7, 11) is 0. The summed E-state index contributed by atoms with van der Waals surface area (Å²) in [5, 5.41) is 10.0. The van der Waals surface area contributed by atoms with Gasteiger partial charge in [0.25, 0.3) is 5.91 Å². The SMILES string of the molecule is N#C/C(C(N)=O)=C1/SC(Cc2cc(Cl)ccc2Cl)C(=O)N1c1ccc(Br)cc1. The van der Waals surface area contributed by atoms with Gasteiger partial charge in [-0.05, 0) is 54.4 Å². The summed E-state index contributed by atoms with van der Waals surface area (Å²) in [5.41, 5.74) is 6.33. The Morgan fingerprint density at radius 1 is 1.25 bits per heavy atom. The number of benzene rings is 2. The molecule has 1 atom stereocenters. The van der Waals surface area contributed by atoms with Crippen molar-refractivity contribution in [1.29, 1.82) is 5.26 Å². The van der Waals surface area contributed by atoms with Crippen LogP contribution in [0.2, 0.25) is 10.0 Å². The first kappa shape index (κ1) is 20.7. The molecule has 28 heavy (non-hydrogen) atoms. The fraction of sp³-hybridized carbons (Fsp3) is 0.105. The highest BCUT2D eigenvalue weighted by Crippen LogP contribution is 2.42. The summed E-state index contributed by atoms with van der Waals surface area (Å²) in [6.45, 7) is 0. The molecular formula is C19H12BrCl2N3O2S. The molecule has 2 amide bonds. The fourth-order valence-corrected chi connectivity index (χ4v) is 4.68. The van der Waals surface area contributed by atoms with Gasteiger partial charge < -0.3 is 5.73 Å². The second-order valence-electron chi connectivity index (χ2n) is 5.85. The number of halogens is 3. The molecule has 0 spiro atoms. The van der Waals surface area contributed by atoms with Crippen LogP contribution in [0.3, 0.4) is 0 Å². The zero-order valence-electron chi connectivity index (χ0n) is 14.2. The van der Waals surface area contributed by atoms with E-state index in [-0.39, 0.29) is 22.9 Å². The van der Waals surface area contributed by atoms with Crippen LogP contribution in [-0.4, -0.2) is 17.1 Å². The van der Waals surface area contributed by atoms with Gasteiger partial charge in [0, 0.05) is 20.2 Å². The maximum atomic E-state index is 13.2. The molecule has 9 heteroatoms. The smallest absolute Gasteiger partial charge is 0.262 e. The van der Waals surface area contributed by atoms with Crippen LogP contribution in [-0.2, 0) is 16.0 Å². The van der Waals surface area contributed by atoms with Crippen LogP contribution in [0.1, 0.15) is 5.56 Å². The number of anilines is 1. The lowest BCUT2D eigenvalue weighted by Gasteiger charge is -2.18. The monoisotopic (exact) mass is 495 g/mol. The number of nitriles is 1. The van der Waals surface area contributed by atoms with Crippen molar-refractivity contribution in [1.82, 2.24) is 0 Å². The predicted octanol–water partition coefficient (Wildman–Crippen LogP) is 4.67. The van der Waals surface area contributed by atoms with E-state index in [1.165, 1.54) is 4.90 Å². The van der Waals surface area contributed by atoms with E-state index in [0.717, 1.165) is 16.2 Å². The molecule has 142 valence electrons.